The average Bonchev–Trinajstić information content (AvgIpc) is 3.59. The summed E-state index contributed by atoms with van der Waals surface area (Å²) in [5.74, 6) is 0.996. The molecule has 0 spiro atoms. The molecule has 4 N–H and O–H groups in total. The molecule has 0 bridgehead atoms. The van der Waals surface area contributed by atoms with Crippen molar-refractivity contribution < 1.29 is 5.11 Å². The second-order valence-electron chi connectivity index (χ2n) is 11.5. The summed E-state index contributed by atoms with van der Waals surface area (Å²) in [5.41, 5.74) is 9.23. The van der Waals surface area contributed by atoms with Crippen LogP contribution in [0.5, 0.6) is 0 Å². The first-order valence-electron chi connectivity index (χ1n) is 14.4. The van der Waals surface area contributed by atoms with Crippen LogP contribution in [-0.4, -0.2) is 84.6 Å². The van der Waals surface area contributed by atoms with Gasteiger partial charge in [0, 0.05) is 42.7 Å². The van der Waals surface area contributed by atoms with Crippen molar-refractivity contribution in [2.75, 3.05) is 44.3 Å². The normalized spacial score (nSPS) is 21.9. The SMILES string of the molecule is CCc1nc2c(N)ncc(-c3cnn(C4CCN(C5CCN(C)CC5)CC4)c3)c2nc1NC1(O)CCCC1. The van der Waals surface area contributed by atoms with E-state index in [-0.39, 0.29) is 0 Å². The molecule has 38 heavy (non-hydrogen) atoms. The van der Waals surface area contributed by atoms with E-state index in [2.05, 4.69) is 38.0 Å². The largest absolute Gasteiger partial charge is 0.382 e. The van der Waals surface area contributed by atoms with Crippen LogP contribution < -0.4 is 11.1 Å². The van der Waals surface area contributed by atoms with E-state index in [4.69, 9.17) is 20.8 Å². The molecular formula is C28H41N9O. The van der Waals surface area contributed by atoms with Crippen molar-refractivity contribution in [3.63, 3.8) is 0 Å². The lowest BCUT2D eigenvalue weighted by Gasteiger charge is -2.41. The number of anilines is 2. The molecule has 0 atom stereocenters. The number of aromatic nitrogens is 5. The number of nitrogens with one attached hydrogen (secondary N) is 1. The van der Waals surface area contributed by atoms with Gasteiger partial charge in [-0.25, -0.2) is 15.0 Å². The monoisotopic (exact) mass is 519 g/mol. The van der Waals surface area contributed by atoms with E-state index >= 15 is 0 Å². The van der Waals surface area contributed by atoms with Gasteiger partial charge in [-0.2, -0.15) is 5.10 Å². The third kappa shape index (κ3) is 4.97. The molecule has 10 nitrogen and oxygen atoms in total. The number of hydrogen-bond acceptors (Lipinski definition) is 9. The maximum atomic E-state index is 11.0. The Bertz CT molecular complexity index is 1270. The lowest BCUT2D eigenvalue weighted by molar-refractivity contribution is 0.0773. The second-order valence-corrected chi connectivity index (χ2v) is 11.5. The van der Waals surface area contributed by atoms with Gasteiger partial charge in [-0.15, -0.1) is 0 Å². The zero-order valence-corrected chi connectivity index (χ0v) is 22.7. The fourth-order valence-corrected chi connectivity index (χ4v) is 6.51. The summed E-state index contributed by atoms with van der Waals surface area (Å²) in [4.78, 5) is 19.4. The maximum absolute atomic E-state index is 11.0. The van der Waals surface area contributed by atoms with Crippen LogP contribution >= 0.6 is 0 Å². The van der Waals surface area contributed by atoms with Crippen molar-refractivity contribution in [2.45, 2.75) is 82.5 Å². The van der Waals surface area contributed by atoms with Gasteiger partial charge in [0.15, 0.2) is 11.6 Å². The van der Waals surface area contributed by atoms with Crippen LogP contribution in [-0.2, 0) is 6.42 Å². The third-order valence-electron chi connectivity index (χ3n) is 8.91. The van der Waals surface area contributed by atoms with E-state index in [9.17, 15) is 5.11 Å². The minimum Gasteiger partial charge on any atom is -0.382 e. The van der Waals surface area contributed by atoms with E-state index in [0.29, 0.717) is 48.0 Å². The van der Waals surface area contributed by atoms with Crippen molar-refractivity contribution in [1.82, 2.24) is 34.5 Å². The Morgan fingerprint density at radius 3 is 2.42 bits per heavy atom. The lowest BCUT2D eigenvalue weighted by Crippen LogP contribution is -2.47. The zero-order valence-electron chi connectivity index (χ0n) is 22.7. The molecular weight excluding hydrogens is 478 g/mol. The molecule has 5 heterocycles. The number of pyridine rings is 1. The van der Waals surface area contributed by atoms with E-state index in [1.54, 1.807) is 6.20 Å². The summed E-state index contributed by atoms with van der Waals surface area (Å²) >= 11 is 0. The quantitative estimate of drug-likeness (QED) is 0.421. The number of aliphatic hydroxyl groups is 1. The van der Waals surface area contributed by atoms with Crippen molar-refractivity contribution in [3.8, 4) is 11.1 Å². The number of nitrogens with zero attached hydrogens (tertiary/aromatic N) is 7. The number of fused-ring (bicyclic) bond motifs is 1. The van der Waals surface area contributed by atoms with Crippen LogP contribution in [0.15, 0.2) is 18.6 Å². The molecule has 0 amide bonds. The molecule has 2 aliphatic heterocycles. The summed E-state index contributed by atoms with van der Waals surface area (Å²) in [7, 11) is 2.22. The van der Waals surface area contributed by atoms with Gasteiger partial charge >= 0.3 is 0 Å². The van der Waals surface area contributed by atoms with Crippen LogP contribution in [0.25, 0.3) is 22.2 Å². The number of nitrogen functional groups attached to an aromatic ring is 1. The average molecular weight is 520 g/mol. The first kappa shape index (κ1) is 25.5. The highest BCUT2D eigenvalue weighted by atomic mass is 16.3. The number of nitrogens with two attached hydrogens (primary N) is 1. The molecule has 3 aromatic heterocycles. The smallest absolute Gasteiger partial charge is 0.151 e. The van der Waals surface area contributed by atoms with E-state index in [1.165, 1.54) is 25.9 Å². The molecule has 3 aliphatic rings. The standard InChI is InChI=1S/C28H41N9O/c1-3-23-27(34-28(38)10-4-5-11-28)33-24-22(17-30-26(29)25(24)32-23)19-16-31-37(18-19)21-8-14-36(15-9-21)20-6-12-35(2)13-7-20/h16-18,20-21,38H,3-15H2,1-2H3,(H2,29,30)(H,33,34). The van der Waals surface area contributed by atoms with Crippen LogP contribution in [0.2, 0.25) is 0 Å². The summed E-state index contributed by atoms with van der Waals surface area (Å²) in [6, 6.07) is 1.12. The van der Waals surface area contributed by atoms with Crippen LogP contribution in [0, 0.1) is 0 Å². The maximum Gasteiger partial charge on any atom is 0.151 e. The Labute approximate surface area is 224 Å². The molecule has 0 radical (unpaired) electrons. The van der Waals surface area contributed by atoms with Gasteiger partial charge in [-0.3, -0.25) is 4.68 Å². The predicted molar refractivity (Wildman–Crippen MR) is 150 cm³/mol. The lowest BCUT2D eigenvalue weighted by atomic mass is 9.98. The molecule has 3 aromatic rings. The highest BCUT2D eigenvalue weighted by molar-refractivity contribution is 5.96. The minimum absolute atomic E-state index is 0.366. The predicted octanol–water partition coefficient (Wildman–Crippen LogP) is 3.44. The highest BCUT2D eigenvalue weighted by Gasteiger charge is 2.33. The zero-order chi connectivity index (χ0) is 26.3. The first-order valence-corrected chi connectivity index (χ1v) is 14.4. The molecule has 0 unspecified atom stereocenters. The number of aryl methyl sites for hydroxylation is 1. The number of rotatable bonds is 6. The van der Waals surface area contributed by atoms with Gasteiger partial charge in [0.1, 0.15) is 16.8 Å². The van der Waals surface area contributed by atoms with E-state index < -0.39 is 5.72 Å². The van der Waals surface area contributed by atoms with Crippen LogP contribution in [0.4, 0.5) is 11.6 Å². The second kappa shape index (κ2) is 10.4. The Morgan fingerprint density at radius 2 is 1.71 bits per heavy atom. The fraction of sp³-hybridized carbons (Fsp3) is 0.643. The van der Waals surface area contributed by atoms with Gasteiger partial charge in [0.2, 0.25) is 0 Å². The number of piperidine rings is 2. The molecule has 0 aromatic carbocycles. The van der Waals surface area contributed by atoms with Gasteiger partial charge in [0.25, 0.3) is 0 Å². The van der Waals surface area contributed by atoms with Gasteiger partial charge in [-0.05, 0) is 77.9 Å². The molecule has 10 heteroatoms. The van der Waals surface area contributed by atoms with Gasteiger partial charge < -0.3 is 26.0 Å². The summed E-state index contributed by atoms with van der Waals surface area (Å²) in [6.07, 6.45) is 14.7. The summed E-state index contributed by atoms with van der Waals surface area (Å²) in [5, 5.41) is 19.1. The van der Waals surface area contributed by atoms with Crippen molar-refractivity contribution in [1.29, 1.82) is 0 Å². The summed E-state index contributed by atoms with van der Waals surface area (Å²) < 4.78 is 2.12. The molecule has 1 aliphatic carbocycles. The first-order chi connectivity index (χ1) is 18.4. The molecule has 3 fully saturated rings. The Kier molecular flexibility index (Phi) is 6.96. The number of hydrogen-bond donors (Lipinski definition) is 3. The third-order valence-corrected chi connectivity index (χ3v) is 8.91. The Morgan fingerprint density at radius 1 is 1.00 bits per heavy atom. The minimum atomic E-state index is -0.932. The van der Waals surface area contributed by atoms with E-state index in [1.807, 2.05) is 13.1 Å². The van der Waals surface area contributed by atoms with Gasteiger partial charge in [0.05, 0.1) is 17.9 Å². The fourth-order valence-electron chi connectivity index (χ4n) is 6.51. The number of likely N-dealkylation sites (tertiary alicyclic amines) is 2. The molecule has 204 valence electrons. The summed E-state index contributed by atoms with van der Waals surface area (Å²) in [6.45, 7) is 6.70. The molecule has 6 rings (SSSR count). The van der Waals surface area contributed by atoms with Gasteiger partial charge in [-0.1, -0.05) is 6.92 Å². The van der Waals surface area contributed by atoms with Crippen LogP contribution in [0.3, 0.4) is 0 Å². The van der Waals surface area contributed by atoms with Crippen molar-refractivity contribution >= 4 is 22.7 Å². The molecule has 1 saturated carbocycles. The Balaban J connectivity index is 1.24. The highest BCUT2D eigenvalue weighted by Crippen LogP contribution is 2.35. The topological polar surface area (TPSA) is 121 Å². The van der Waals surface area contributed by atoms with Crippen LogP contribution in [0.1, 0.15) is 70.0 Å². The molecule has 2 saturated heterocycles. The van der Waals surface area contributed by atoms with E-state index in [0.717, 1.165) is 61.6 Å². The van der Waals surface area contributed by atoms with Crippen molar-refractivity contribution in [3.05, 3.63) is 24.3 Å². The van der Waals surface area contributed by atoms with Crippen molar-refractivity contribution in [2.24, 2.45) is 0 Å². The Hall–Kier alpha value is -2.82.